The Morgan fingerprint density at radius 2 is 1.80 bits per heavy atom. The summed E-state index contributed by atoms with van der Waals surface area (Å²) in [5.74, 6) is 1.47. The van der Waals surface area contributed by atoms with Crippen molar-refractivity contribution in [2.45, 2.75) is 47.6 Å². The molecule has 0 fully saturated rings. The van der Waals surface area contributed by atoms with Crippen molar-refractivity contribution >= 4 is 5.69 Å². The number of ether oxygens (including phenoxy) is 1. The van der Waals surface area contributed by atoms with Gasteiger partial charge in [0.15, 0.2) is 0 Å². The zero-order chi connectivity index (χ0) is 15.0. The van der Waals surface area contributed by atoms with Crippen LogP contribution >= 0.6 is 0 Å². The number of aryl methyl sites for hydroxylation is 3. The molecule has 20 heavy (non-hydrogen) atoms. The van der Waals surface area contributed by atoms with E-state index in [9.17, 15) is 0 Å². The summed E-state index contributed by atoms with van der Waals surface area (Å²) in [6, 6.07) is 4.39. The maximum Gasteiger partial charge on any atom is 0.241 e. The number of anilines is 1. The van der Waals surface area contributed by atoms with E-state index in [0.29, 0.717) is 11.6 Å². The van der Waals surface area contributed by atoms with Crippen molar-refractivity contribution in [3.63, 3.8) is 0 Å². The highest BCUT2D eigenvalue weighted by molar-refractivity contribution is 5.55. The van der Waals surface area contributed by atoms with Crippen LogP contribution in [0.5, 0.6) is 11.6 Å². The van der Waals surface area contributed by atoms with E-state index in [1.807, 2.05) is 17.7 Å². The highest BCUT2D eigenvalue weighted by atomic mass is 16.5. The van der Waals surface area contributed by atoms with Crippen molar-refractivity contribution in [1.82, 2.24) is 9.78 Å². The normalized spacial score (nSPS) is 11.2. The Bertz CT molecular complexity index is 642. The third-order valence-corrected chi connectivity index (χ3v) is 3.55. The fraction of sp³-hybridized carbons (Fsp3) is 0.438. The molecule has 0 unspecified atom stereocenters. The quantitative estimate of drug-likeness (QED) is 0.917. The lowest BCUT2D eigenvalue weighted by atomic mass is 10.1. The summed E-state index contributed by atoms with van der Waals surface area (Å²) in [6.07, 6.45) is 0. The standard InChI is InChI=1S/C16H23N3O/c1-9(2)19-16(15(17)13(6)18-19)20-14-8-10(3)7-11(4)12(14)5/h7-9H,17H2,1-6H3. The van der Waals surface area contributed by atoms with Crippen LogP contribution in [0.1, 0.15) is 42.3 Å². The minimum absolute atomic E-state index is 0.201. The molecule has 1 aromatic carbocycles. The molecule has 0 radical (unpaired) electrons. The van der Waals surface area contributed by atoms with Crippen LogP contribution in [0.15, 0.2) is 12.1 Å². The molecule has 0 aliphatic heterocycles. The van der Waals surface area contributed by atoms with E-state index in [2.05, 4.69) is 45.8 Å². The zero-order valence-corrected chi connectivity index (χ0v) is 13.1. The highest BCUT2D eigenvalue weighted by Crippen LogP contribution is 2.34. The molecule has 0 spiro atoms. The number of rotatable bonds is 3. The predicted molar refractivity (Wildman–Crippen MR) is 82.5 cm³/mol. The van der Waals surface area contributed by atoms with Crippen LogP contribution in [0.25, 0.3) is 0 Å². The van der Waals surface area contributed by atoms with Gasteiger partial charge >= 0.3 is 0 Å². The van der Waals surface area contributed by atoms with Gasteiger partial charge in [0, 0.05) is 0 Å². The first-order valence-electron chi connectivity index (χ1n) is 6.91. The van der Waals surface area contributed by atoms with E-state index in [1.165, 1.54) is 11.1 Å². The number of nitrogens with zero attached hydrogens (tertiary/aromatic N) is 2. The number of nitrogen functional groups attached to an aromatic ring is 1. The maximum atomic E-state index is 6.11. The van der Waals surface area contributed by atoms with Crippen molar-refractivity contribution in [2.75, 3.05) is 5.73 Å². The summed E-state index contributed by atoms with van der Waals surface area (Å²) in [6.45, 7) is 12.2. The van der Waals surface area contributed by atoms with Gasteiger partial charge in [-0.2, -0.15) is 5.10 Å². The number of nitrogens with two attached hydrogens (primary N) is 1. The van der Waals surface area contributed by atoms with Gasteiger partial charge in [-0.1, -0.05) is 6.07 Å². The van der Waals surface area contributed by atoms with Gasteiger partial charge in [0.1, 0.15) is 11.4 Å². The van der Waals surface area contributed by atoms with Gasteiger partial charge in [0.05, 0.1) is 11.7 Å². The average Bonchev–Trinajstić information content (AvgIpc) is 2.63. The van der Waals surface area contributed by atoms with Gasteiger partial charge in [0.2, 0.25) is 5.88 Å². The molecule has 0 saturated carbocycles. The van der Waals surface area contributed by atoms with Crippen LogP contribution in [0, 0.1) is 27.7 Å². The minimum atomic E-state index is 0.201. The van der Waals surface area contributed by atoms with Crippen molar-refractivity contribution < 1.29 is 4.74 Å². The van der Waals surface area contributed by atoms with E-state index in [4.69, 9.17) is 10.5 Å². The van der Waals surface area contributed by atoms with Crippen LogP contribution in [0.4, 0.5) is 5.69 Å². The average molecular weight is 273 g/mol. The smallest absolute Gasteiger partial charge is 0.241 e. The first-order chi connectivity index (χ1) is 9.31. The Hall–Kier alpha value is -1.97. The molecular weight excluding hydrogens is 250 g/mol. The van der Waals surface area contributed by atoms with Gasteiger partial charge < -0.3 is 10.5 Å². The second-order valence-corrected chi connectivity index (χ2v) is 5.65. The van der Waals surface area contributed by atoms with Crippen molar-refractivity contribution in [2.24, 2.45) is 0 Å². The Balaban J connectivity index is 2.50. The molecule has 1 heterocycles. The molecule has 0 bridgehead atoms. The monoisotopic (exact) mass is 273 g/mol. The zero-order valence-electron chi connectivity index (χ0n) is 13.1. The molecular formula is C16H23N3O. The molecule has 2 rings (SSSR count). The fourth-order valence-electron chi connectivity index (χ4n) is 2.20. The van der Waals surface area contributed by atoms with Gasteiger partial charge in [0.25, 0.3) is 0 Å². The molecule has 2 aromatic rings. The first-order valence-corrected chi connectivity index (χ1v) is 6.91. The largest absolute Gasteiger partial charge is 0.437 e. The van der Waals surface area contributed by atoms with Crippen LogP contribution < -0.4 is 10.5 Å². The van der Waals surface area contributed by atoms with Gasteiger partial charge in [-0.05, 0) is 64.3 Å². The number of benzene rings is 1. The molecule has 0 aliphatic rings. The molecule has 1 aromatic heterocycles. The van der Waals surface area contributed by atoms with Crippen LogP contribution in [0.3, 0.4) is 0 Å². The van der Waals surface area contributed by atoms with Crippen molar-refractivity contribution in [1.29, 1.82) is 0 Å². The van der Waals surface area contributed by atoms with Gasteiger partial charge in [-0.25, -0.2) is 4.68 Å². The molecule has 0 atom stereocenters. The molecule has 108 valence electrons. The van der Waals surface area contributed by atoms with E-state index < -0.39 is 0 Å². The lowest BCUT2D eigenvalue weighted by Gasteiger charge is -2.15. The maximum absolute atomic E-state index is 6.11. The molecule has 4 heteroatoms. The number of hydrogen-bond acceptors (Lipinski definition) is 3. The molecule has 0 amide bonds. The summed E-state index contributed by atoms with van der Waals surface area (Å²) >= 11 is 0. The van der Waals surface area contributed by atoms with Gasteiger partial charge in [-0.3, -0.25) is 0 Å². The Kier molecular flexibility index (Phi) is 3.75. The second-order valence-electron chi connectivity index (χ2n) is 5.65. The minimum Gasteiger partial charge on any atom is -0.437 e. The lowest BCUT2D eigenvalue weighted by Crippen LogP contribution is -2.06. The Labute approximate surface area is 120 Å². The fourth-order valence-corrected chi connectivity index (χ4v) is 2.20. The topological polar surface area (TPSA) is 53.1 Å². The summed E-state index contributed by atoms with van der Waals surface area (Å²) in [4.78, 5) is 0. The predicted octanol–water partition coefficient (Wildman–Crippen LogP) is 4.07. The van der Waals surface area contributed by atoms with Crippen molar-refractivity contribution in [3.8, 4) is 11.6 Å². The number of aromatic nitrogens is 2. The van der Waals surface area contributed by atoms with E-state index in [-0.39, 0.29) is 6.04 Å². The second kappa shape index (κ2) is 5.19. The van der Waals surface area contributed by atoms with Crippen LogP contribution in [0.2, 0.25) is 0 Å². The summed E-state index contributed by atoms with van der Waals surface area (Å²) in [7, 11) is 0. The Morgan fingerprint density at radius 1 is 1.15 bits per heavy atom. The van der Waals surface area contributed by atoms with Crippen molar-refractivity contribution in [3.05, 3.63) is 34.5 Å². The third-order valence-electron chi connectivity index (χ3n) is 3.55. The molecule has 2 N–H and O–H groups in total. The summed E-state index contributed by atoms with van der Waals surface area (Å²) in [5, 5.41) is 4.45. The number of hydrogen-bond donors (Lipinski definition) is 1. The first kappa shape index (κ1) is 14.4. The highest BCUT2D eigenvalue weighted by Gasteiger charge is 2.18. The SMILES string of the molecule is Cc1cc(C)c(C)c(Oc2c(N)c(C)nn2C(C)C)c1. The van der Waals surface area contributed by atoms with Crippen LogP contribution in [-0.4, -0.2) is 9.78 Å². The molecule has 4 nitrogen and oxygen atoms in total. The third kappa shape index (κ3) is 2.50. The molecule has 0 aliphatic carbocycles. The molecule has 0 saturated heterocycles. The van der Waals surface area contributed by atoms with E-state index >= 15 is 0 Å². The van der Waals surface area contributed by atoms with Gasteiger partial charge in [-0.15, -0.1) is 0 Å². The lowest BCUT2D eigenvalue weighted by molar-refractivity contribution is 0.387. The van der Waals surface area contributed by atoms with Crippen LogP contribution in [-0.2, 0) is 0 Å². The van der Waals surface area contributed by atoms with E-state index in [1.54, 1.807) is 0 Å². The van der Waals surface area contributed by atoms with E-state index in [0.717, 1.165) is 17.0 Å². The summed E-state index contributed by atoms with van der Waals surface area (Å²) < 4.78 is 7.93. The summed E-state index contributed by atoms with van der Waals surface area (Å²) in [5.41, 5.74) is 11.0. The Morgan fingerprint density at radius 3 is 2.40 bits per heavy atom.